The van der Waals surface area contributed by atoms with Crippen molar-refractivity contribution in [2.45, 2.75) is 44.8 Å². The van der Waals surface area contributed by atoms with E-state index in [4.69, 9.17) is 9.47 Å². The van der Waals surface area contributed by atoms with Crippen LogP contribution in [0.4, 0.5) is 0 Å². The van der Waals surface area contributed by atoms with E-state index < -0.39 is 0 Å². The number of hydrogen-bond donors (Lipinski definition) is 0. The van der Waals surface area contributed by atoms with Crippen molar-refractivity contribution in [3.8, 4) is 0 Å². The van der Waals surface area contributed by atoms with Gasteiger partial charge in [0.25, 0.3) is 0 Å². The van der Waals surface area contributed by atoms with Crippen molar-refractivity contribution in [3.05, 3.63) is 59.7 Å². The highest BCUT2D eigenvalue weighted by atomic mass is 16.5. The Morgan fingerprint density at radius 2 is 2.00 bits per heavy atom. The molecule has 0 aromatic heterocycles. The lowest BCUT2D eigenvalue weighted by Gasteiger charge is -2.33. The van der Waals surface area contributed by atoms with Crippen LogP contribution in [0.15, 0.2) is 54.1 Å². The van der Waals surface area contributed by atoms with Crippen LogP contribution in [0.3, 0.4) is 0 Å². The fourth-order valence-electron chi connectivity index (χ4n) is 2.74. The van der Waals surface area contributed by atoms with Crippen molar-refractivity contribution in [1.29, 1.82) is 0 Å². The van der Waals surface area contributed by atoms with E-state index in [1.54, 1.807) is 7.11 Å². The Morgan fingerprint density at radius 3 is 2.62 bits per heavy atom. The standard InChI is InChI=1S/C19H26O2/c1-3-4-14-19(20-2,18-12-8-9-13-18)16-21-15-17-10-6-5-7-11-17/h5-8,10-13H,3-4,9,14-16H2,1-2H3. The third-order valence-corrected chi connectivity index (χ3v) is 4.07. The van der Waals surface area contributed by atoms with Gasteiger partial charge < -0.3 is 9.47 Å². The number of unbranched alkanes of at least 4 members (excludes halogenated alkanes) is 1. The van der Waals surface area contributed by atoms with E-state index >= 15 is 0 Å². The Morgan fingerprint density at radius 1 is 1.19 bits per heavy atom. The molecular weight excluding hydrogens is 260 g/mol. The molecule has 0 aliphatic heterocycles. The summed E-state index contributed by atoms with van der Waals surface area (Å²) in [6.45, 7) is 3.45. The summed E-state index contributed by atoms with van der Waals surface area (Å²) in [6.07, 6.45) is 11.0. The number of rotatable bonds is 9. The van der Waals surface area contributed by atoms with Crippen LogP contribution in [0, 0.1) is 0 Å². The zero-order valence-electron chi connectivity index (χ0n) is 13.2. The molecule has 1 aromatic carbocycles. The molecule has 2 nitrogen and oxygen atoms in total. The van der Waals surface area contributed by atoms with Crippen LogP contribution >= 0.6 is 0 Å². The molecule has 1 aliphatic rings. The lowest BCUT2D eigenvalue weighted by atomic mass is 9.89. The maximum absolute atomic E-state index is 5.99. The third-order valence-electron chi connectivity index (χ3n) is 4.07. The summed E-state index contributed by atoms with van der Waals surface area (Å²) < 4.78 is 11.9. The number of hydrogen-bond acceptors (Lipinski definition) is 2. The summed E-state index contributed by atoms with van der Waals surface area (Å²) in [5, 5.41) is 0. The molecule has 2 rings (SSSR count). The fraction of sp³-hybridized carbons (Fsp3) is 0.474. The SMILES string of the molecule is CCCCC(COCc1ccccc1)(OC)C1=CCC=C1. The Kier molecular flexibility index (Phi) is 6.21. The van der Waals surface area contributed by atoms with Crippen LogP contribution in [0.5, 0.6) is 0 Å². The van der Waals surface area contributed by atoms with Gasteiger partial charge in [-0.3, -0.25) is 0 Å². The molecule has 0 saturated carbocycles. The summed E-state index contributed by atoms with van der Waals surface area (Å²) in [5.41, 5.74) is 2.18. The predicted molar refractivity (Wildman–Crippen MR) is 87.2 cm³/mol. The lowest BCUT2D eigenvalue weighted by molar-refractivity contribution is -0.0590. The molecule has 21 heavy (non-hydrogen) atoms. The first kappa shape index (κ1) is 16.0. The smallest absolute Gasteiger partial charge is 0.116 e. The maximum atomic E-state index is 5.99. The van der Waals surface area contributed by atoms with Crippen molar-refractivity contribution < 1.29 is 9.47 Å². The Balaban J connectivity index is 1.99. The van der Waals surface area contributed by atoms with Gasteiger partial charge in [-0.25, -0.2) is 0 Å². The van der Waals surface area contributed by atoms with Gasteiger partial charge in [0.15, 0.2) is 0 Å². The van der Waals surface area contributed by atoms with Crippen molar-refractivity contribution in [1.82, 2.24) is 0 Å². The van der Waals surface area contributed by atoms with Crippen LogP contribution < -0.4 is 0 Å². The molecule has 1 aliphatic carbocycles. The monoisotopic (exact) mass is 286 g/mol. The topological polar surface area (TPSA) is 18.5 Å². The molecule has 114 valence electrons. The van der Waals surface area contributed by atoms with Gasteiger partial charge in [-0.1, -0.05) is 68.3 Å². The molecular formula is C19H26O2. The van der Waals surface area contributed by atoms with Crippen LogP contribution in [-0.4, -0.2) is 19.3 Å². The average molecular weight is 286 g/mol. The average Bonchev–Trinajstić information content (AvgIpc) is 3.07. The van der Waals surface area contributed by atoms with Crippen molar-refractivity contribution in [2.75, 3.05) is 13.7 Å². The van der Waals surface area contributed by atoms with Gasteiger partial charge in [0.05, 0.1) is 13.2 Å². The summed E-state index contributed by atoms with van der Waals surface area (Å²) >= 11 is 0. The zero-order valence-corrected chi connectivity index (χ0v) is 13.2. The molecule has 0 saturated heterocycles. The summed E-state index contributed by atoms with van der Waals surface area (Å²) in [5.74, 6) is 0. The Labute approximate surface area is 128 Å². The molecule has 0 N–H and O–H groups in total. The van der Waals surface area contributed by atoms with E-state index in [1.165, 1.54) is 17.6 Å². The number of ether oxygens (including phenoxy) is 2. The Bertz CT molecular complexity index is 476. The van der Waals surface area contributed by atoms with Crippen LogP contribution in [-0.2, 0) is 16.1 Å². The van der Waals surface area contributed by atoms with E-state index in [0.29, 0.717) is 13.2 Å². The van der Waals surface area contributed by atoms with Gasteiger partial charge in [0.2, 0.25) is 0 Å². The fourth-order valence-corrected chi connectivity index (χ4v) is 2.74. The van der Waals surface area contributed by atoms with Crippen molar-refractivity contribution in [3.63, 3.8) is 0 Å². The summed E-state index contributed by atoms with van der Waals surface area (Å²) in [7, 11) is 1.80. The van der Waals surface area contributed by atoms with E-state index in [2.05, 4.69) is 37.3 Å². The molecule has 0 bridgehead atoms. The van der Waals surface area contributed by atoms with E-state index in [0.717, 1.165) is 19.3 Å². The quantitative estimate of drug-likeness (QED) is 0.657. The lowest BCUT2D eigenvalue weighted by Crippen LogP contribution is -2.38. The minimum Gasteiger partial charge on any atom is -0.373 e. The Hall–Kier alpha value is -1.38. The molecule has 0 amide bonds. The summed E-state index contributed by atoms with van der Waals surface area (Å²) in [4.78, 5) is 0. The van der Waals surface area contributed by atoms with Gasteiger partial charge in [-0.05, 0) is 24.0 Å². The second-order valence-corrected chi connectivity index (χ2v) is 5.58. The molecule has 1 aromatic rings. The second-order valence-electron chi connectivity index (χ2n) is 5.58. The van der Waals surface area contributed by atoms with Gasteiger partial charge in [0, 0.05) is 7.11 Å². The molecule has 2 heteroatoms. The van der Waals surface area contributed by atoms with Crippen LogP contribution in [0.25, 0.3) is 0 Å². The molecule has 0 spiro atoms. The van der Waals surface area contributed by atoms with Gasteiger partial charge in [-0.15, -0.1) is 0 Å². The predicted octanol–water partition coefficient (Wildman–Crippen LogP) is 4.66. The second kappa shape index (κ2) is 8.16. The van der Waals surface area contributed by atoms with E-state index in [-0.39, 0.29) is 5.60 Å². The van der Waals surface area contributed by atoms with Gasteiger partial charge in [0.1, 0.15) is 5.60 Å². The largest absolute Gasteiger partial charge is 0.373 e. The van der Waals surface area contributed by atoms with Gasteiger partial charge >= 0.3 is 0 Å². The van der Waals surface area contributed by atoms with E-state index in [9.17, 15) is 0 Å². The van der Waals surface area contributed by atoms with Crippen molar-refractivity contribution >= 4 is 0 Å². The highest BCUT2D eigenvalue weighted by Crippen LogP contribution is 2.32. The third kappa shape index (κ3) is 4.29. The first-order chi connectivity index (χ1) is 10.3. The first-order valence-electron chi connectivity index (χ1n) is 7.85. The van der Waals surface area contributed by atoms with Crippen molar-refractivity contribution in [2.24, 2.45) is 0 Å². The number of methoxy groups -OCH3 is 1. The molecule has 1 atom stereocenters. The summed E-state index contributed by atoms with van der Waals surface area (Å²) in [6, 6.07) is 10.3. The zero-order chi connectivity index (χ0) is 15.0. The maximum Gasteiger partial charge on any atom is 0.116 e. The normalized spacial score (nSPS) is 16.8. The molecule has 1 unspecified atom stereocenters. The van der Waals surface area contributed by atoms with E-state index in [1.807, 2.05) is 18.2 Å². The minimum absolute atomic E-state index is 0.294. The molecule has 0 fully saturated rings. The highest BCUT2D eigenvalue weighted by Gasteiger charge is 2.33. The first-order valence-corrected chi connectivity index (χ1v) is 7.85. The number of benzene rings is 1. The molecule has 0 radical (unpaired) electrons. The van der Waals surface area contributed by atoms with Crippen LogP contribution in [0.2, 0.25) is 0 Å². The minimum atomic E-state index is -0.294. The van der Waals surface area contributed by atoms with Gasteiger partial charge in [-0.2, -0.15) is 0 Å². The molecule has 0 heterocycles. The highest BCUT2D eigenvalue weighted by molar-refractivity contribution is 5.35. The van der Waals surface area contributed by atoms with Crippen LogP contribution in [0.1, 0.15) is 38.2 Å². The number of allylic oxidation sites excluding steroid dienone is 2.